The molecule has 9 heteroatoms. The highest BCUT2D eigenvalue weighted by Gasteiger charge is 2.36. The number of benzene rings is 1. The Morgan fingerprint density at radius 2 is 1.68 bits per heavy atom. The number of nitrogens with zero attached hydrogens (tertiary/aromatic N) is 1. The third-order valence-electron chi connectivity index (χ3n) is 6.13. The SMILES string of the molecule is CCCCCCCCN1c2c(c(C)cc(C)c2NC(=O)C(C)(C)C)CC1NS(=O)(=O)NC(C)=O. The van der Waals surface area contributed by atoms with E-state index in [1.807, 2.05) is 50.3 Å². The minimum atomic E-state index is -4.02. The highest BCUT2D eigenvalue weighted by molar-refractivity contribution is 7.88. The van der Waals surface area contributed by atoms with E-state index in [4.69, 9.17) is 0 Å². The van der Waals surface area contributed by atoms with Gasteiger partial charge in [-0.05, 0) is 37.0 Å². The van der Waals surface area contributed by atoms with Gasteiger partial charge in [-0.1, -0.05) is 65.9 Å². The Labute approximate surface area is 205 Å². The summed E-state index contributed by atoms with van der Waals surface area (Å²) in [5.74, 6) is -0.737. The van der Waals surface area contributed by atoms with E-state index in [2.05, 4.69) is 17.0 Å². The van der Waals surface area contributed by atoms with Crippen molar-refractivity contribution in [2.24, 2.45) is 5.41 Å². The molecule has 2 rings (SSSR count). The first-order chi connectivity index (χ1) is 15.8. The lowest BCUT2D eigenvalue weighted by Crippen LogP contribution is -2.51. The van der Waals surface area contributed by atoms with Gasteiger partial charge in [-0.25, -0.2) is 4.72 Å². The minimum Gasteiger partial charge on any atom is -0.353 e. The van der Waals surface area contributed by atoms with E-state index in [0.717, 1.165) is 47.3 Å². The molecule has 0 spiro atoms. The Morgan fingerprint density at radius 3 is 2.26 bits per heavy atom. The maximum Gasteiger partial charge on any atom is 0.303 e. The molecule has 2 amide bonds. The summed E-state index contributed by atoms with van der Waals surface area (Å²) in [6, 6.07) is 2.03. The largest absolute Gasteiger partial charge is 0.353 e. The summed E-state index contributed by atoms with van der Waals surface area (Å²) in [6.45, 7) is 13.6. The topological polar surface area (TPSA) is 108 Å². The van der Waals surface area contributed by atoms with Gasteiger partial charge in [0.25, 0.3) is 0 Å². The lowest BCUT2D eigenvalue weighted by Gasteiger charge is -2.31. The van der Waals surface area contributed by atoms with Gasteiger partial charge in [-0.3, -0.25) is 9.59 Å². The van der Waals surface area contributed by atoms with Crippen molar-refractivity contribution in [2.45, 2.75) is 99.6 Å². The first-order valence-electron chi connectivity index (χ1n) is 12.3. The molecule has 1 aliphatic heterocycles. The molecular weight excluding hydrogens is 452 g/mol. The number of amides is 2. The van der Waals surface area contributed by atoms with Crippen LogP contribution in [0.25, 0.3) is 0 Å². The summed E-state index contributed by atoms with van der Waals surface area (Å²) in [6.07, 6.45) is 6.58. The minimum absolute atomic E-state index is 0.0940. The van der Waals surface area contributed by atoms with Crippen LogP contribution in [0.15, 0.2) is 6.07 Å². The van der Waals surface area contributed by atoms with E-state index < -0.39 is 27.7 Å². The zero-order valence-corrected chi connectivity index (χ0v) is 22.6. The molecule has 8 nitrogen and oxygen atoms in total. The highest BCUT2D eigenvalue weighted by Crippen LogP contribution is 2.43. The van der Waals surface area contributed by atoms with E-state index in [1.165, 1.54) is 26.2 Å². The zero-order valence-electron chi connectivity index (χ0n) is 21.8. The maximum atomic E-state index is 12.9. The summed E-state index contributed by atoms with van der Waals surface area (Å²) in [7, 11) is -4.02. The summed E-state index contributed by atoms with van der Waals surface area (Å²) in [5, 5.41) is 3.11. The first-order valence-corrected chi connectivity index (χ1v) is 13.8. The van der Waals surface area contributed by atoms with Crippen LogP contribution in [0.1, 0.15) is 89.8 Å². The van der Waals surface area contributed by atoms with Crippen molar-refractivity contribution in [1.29, 1.82) is 0 Å². The van der Waals surface area contributed by atoms with Crippen LogP contribution in [0.2, 0.25) is 0 Å². The predicted octanol–water partition coefficient (Wildman–Crippen LogP) is 4.31. The number of hydrogen-bond acceptors (Lipinski definition) is 5. The number of carbonyl (C=O) groups excluding carboxylic acids is 2. The molecule has 0 aromatic heterocycles. The van der Waals surface area contributed by atoms with Gasteiger partial charge in [0, 0.05) is 25.3 Å². The molecule has 1 aromatic carbocycles. The average Bonchev–Trinajstić information content (AvgIpc) is 3.03. The molecule has 1 aliphatic rings. The van der Waals surface area contributed by atoms with Gasteiger partial charge in [0.2, 0.25) is 11.8 Å². The number of rotatable bonds is 11. The summed E-state index contributed by atoms with van der Waals surface area (Å²) in [5.41, 5.74) is 4.03. The Hall–Kier alpha value is -2.13. The van der Waals surface area contributed by atoms with Crippen molar-refractivity contribution in [2.75, 3.05) is 16.8 Å². The lowest BCUT2D eigenvalue weighted by molar-refractivity contribution is -0.123. The smallest absolute Gasteiger partial charge is 0.303 e. The van der Waals surface area contributed by atoms with Crippen LogP contribution in [0.3, 0.4) is 0 Å². The van der Waals surface area contributed by atoms with Crippen molar-refractivity contribution >= 4 is 33.4 Å². The number of carbonyl (C=O) groups is 2. The summed E-state index contributed by atoms with van der Waals surface area (Å²) < 4.78 is 29.8. The summed E-state index contributed by atoms with van der Waals surface area (Å²) >= 11 is 0. The van der Waals surface area contributed by atoms with E-state index in [0.29, 0.717) is 13.0 Å². The monoisotopic (exact) mass is 494 g/mol. The molecule has 192 valence electrons. The molecule has 1 unspecified atom stereocenters. The quantitative estimate of drug-likeness (QED) is 0.397. The van der Waals surface area contributed by atoms with Gasteiger partial charge in [0.1, 0.15) is 0 Å². The van der Waals surface area contributed by atoms with Gasteiger partial charge in [-0.2, -0.15) is 13.1 Å². The fraction of sp³-hybridized carbons (Fsp3) is 0.680. The van der Waals surface area contributed by atoms with Gasteiger partial charge in [0.15, 0.2) is 0 Å². The van der Waals surface area contributed by atoms with E-state index in [1.54, 1.807) is 0 Å². The van der Waals surface area contributed by atoms with Gasteiger partial charge >= 0.3 is 10.2 Å². The van der Waals surface area contributed by atoms with Crippen LogP contribution in [-0.2, 0) is 26.2 Å². The maximum absolute atomic E-state index is 12.9. The molecular formula is C25H42N4O4S. The number of fused-ring (bicyclic) bond motifs is 1. The number of unbranched alkanes of at least 4 members (excludes halogenated alkanes) is 5. The number of anilines is 2. The van der Waals surface area contributed by atoms with Crippen LogP contribution in [0.4, 0.5) is 11.4 Å². The molecule has 0 saturated carbocycles. The molecule has 34 heavy (non-hydrogen) atoms. The molecule has 3 N–H and O–H groups in total. The van der Waals surface area contributed by atoms with E-state index in [-0.39, 0.29) is 5.91 Å². The Kier molecular flexibility index (Phi) is 9.53. The van der Waals surface area contributed by atoms with Crippen LogP contribution >= 0.6 is 0 Å². The molecule has 0 radical (unpaired) electrons. The van der Waals surface area contributed by atoms with E-state index >= 15 is 0 Å². The van der Waals surface area contributed by atoms with Crippen LogP contribution in [-0.4, -0.2) is 32.9 Å². The third kappa shape index (κ3) is 7.43. The Bertz CT molecular complexity index is 999. The van der Waals surface area contributed by atoms with Gasteiger partial charge in [-0.15, -0.1) is 0 Å². The Morgan fingerprint density at radius 1 is 1.06 bits per heavy atom. The fourth-order valence-corrected chi connectivity index (χ4v) is 5.34. The van der Waals surface area contributed by atoms with Crippen molar-refractivity contribution < 1.29 is 18.0 Å². The van der Waals surface area contributed by atoms with Crippen LogP contribution in [0, 0.1) is 19.3 Å². The molecule has 0 fully saturated rings. The molecule has 1 aromatic rings. The Balaban J connectivity index is 2.41. The molecule has 1 heterocycles. The molecule has 0 bridgehead atoms. The number of hydrogen-bond donors (Lipinski definition) is 3. The molecule has 0 aliphatic carbocycles. The normalized spacial score (nSPS) is 15.9. The van der Waals surface area contributed by atoms with E-state index in [9.17, 15) is 18.0 Å². The molecule has 0 saturated heterocycles. The predicted molar refractivity (Wildman–Crippen MR) is 138 cm³/mol. The van der Waals surface area contributed by atoms with Crippen molar-refractivity contribution in [3.05, 3.63) is 22.8 Å². The average molecular weight is 495 g/mol. The van der Waals surface area contributed by atoms with Crippen molar-refractivity contribution in [1.82, 2.24) is 9.44 Å². The standard InChI is InChI=1S/C25H42N4O4S/c1-8-9-10-11-12-13-14-29-21(28-34(32,33)27-19(4)30)16-20-17(2)15-18(3)22(23(20)29)26-24(31)25(5,6)7/h15,21,28H,8-14,16H2,1-7H3,(H,26,31)(H,27,30). The van der Waals surface area contributed by atoms with Crippen LogP contribution < -0.4 is 19.7 Å². The second-order valence-corrected chi connectivity index (χ2v) is 11.8. The van der Waals surface area contributed by atoms with Crippen LogP contribution in [0.5, 0.6) is 0 Å². The van der Waals surface area contributed by atoms with Gasteiger partial charge < -0.3 is 10.2 Å². The number of nitrogens with one attached hydrogen (secondary N) is 3. The third-order valence-corrected chi connectivity index (χ3v) is 7.27. The summed E-state index contributed by atoms with van der Waals surface area (Å²) in [4.78, 5) is 26.3. The first kappa shape index (κ1) is 28.1. The zero-order chi connectivity index (χ0) is 25.7. The number of aryl methyl sites for hydroxylation is 2. The molecule has 1 atom stereocenters. The van der Waals surface area contributed by atoms with Gasteiger partial charge in [0.05, 0.1) is 17.5 Å². The van der Waals surface area contributed by atoms with Crippen molar-refractivity contribution in [3.63, 3.8) is 0 Å². The lowest BCUT2D eigenvalue weighted by atomic mass is 9.94. The second kappa shape index (κ2) is 11.5. The fourth-order valence-electron chi connectivity index (χ4n) is 4.33. The highest BCUT2D eigenvalue weighted by atomic mass is 32.2. The van der Waals surface area contributed by atoms with Crippen molar-refractivity contribution in [3.8, 4) is 0 Å². The second-order valence-electron chi connectivity index (χ2n) is 10.4.